The van der Waals surface area contributed by atoms with E-state index in [4.69, 9.17) is 5.11 Å². The van der Waals surface area contributed by atoms with Crippen molar-refractivity contribution >= 4 is 64.2 Å². The van der Waals surface area contributed by atoms with Gasteiger partial charge in [0.05, 0.1) is 22.2 Å². The molecule has 0 saturated carbocycles. The molecule has 2 aromatic carbocycles. The predicted octanol–water partition coefficient (Wildman–Crippen LogP) is 2.66. The number of fused-ring (bicyclic) bond motifs is 1. The monoisotopic (exact) mass is 428 g/mol. The number of hydrogen-bond donors (Lipinski definition) is 3. The summed E-state index contributed by atoms with van der Waals surface area (Å²) in [6.07, 6.45) is -1.93. The Balaban J connectivity index is 0.00000320. The summed E-state index contributed by atoms with van der Waals surface area (Å²) in [5, 5.41) is 12.9. The Kier molecular flexibility index (Phi) is 7.13. The van der Waals surface area contributed by atoms with Crippen LogP contribution < -0.4 is 10.6 Å². The van der Waals surface area contributed by atoms with E-state index in [1.54, 1.807) is 0 Å². The third-order valence-electron chi connectivity index (χ3n) is 3.72. The van der Waals surface area contributed by atoms with Gasteiger partial charge in [-0.3, -0.25) is 20.1 Å². The number of carboxylic acids is 1. The summed E-state index contributed by atoms with van der Waals surface area (Å²) >= 11 is 0. The number of nitrogens with zero attached hydrogens (tertiary/aromatic N) is 2. The van der Waals surface area contributed by atoms with Crippen LogP contribution in [0.5, 0.6) is 0 Å². The molecule has 150 valence electrons. The molecular formula is C18H12F3N4NaO4. The predicted molar refractivity (Wildman–Crippen MR) is 102 cm³/mol. The molecule has 0 aliphatic heterocycles. The van der Waals surface area contributed by atoms with Crippen molar-refractivity contribution in [3.63, 3.8) is 0 Å². The minimum atomic E-state index is -4.82. The Hall–Kier alpha value is -3.02. The van der Waals surface area contributed by atoms with E-state index in [1.807, 2.05) is 10.6 Å². The number of urea groups is 1. The molecule has 0 spiro atoms. The third-order valence-corrected chi connectivity index (χ3v) is 3.72. The Morgan fingerprint density at radius 1 is 0.900 bits per heavy atom. The van der Waals surface area contributed by atoms with Crippen LogP contribution in [0, 0.1) is 0 Å². The average Bonchev–Trinajstić information content (AvgIpc) is 2.66. The Bertz CT molecular complexity index is 1140. The van der Waals surface area contributed by atoms with Crippen LogP contribution in [0.2, 0.25) is 0 Å². The topological polar surface area (TPSA) is 121 Å². The number of imide groups is 1. The average molecular weight is 428 g/mol. The molecule has 0 aliphatic rings. The molecule has 3 rings (SSSR count). The fourth-order valence-electron chi connectivity index (χ4n) is 2.43. The third kappa shape index (κ3) is 5.53. The van der Waals surface area contributed by atoms with Crippen LogP contribution in [0.15, 0.2) is 48.8 Å². The number of nitrogens with one attached hydrogen (secondary N) is 2. The van der Waals surface area contributed by atoms with Crippen molar-refractivity contribution < 1.29 is 32.7 Å². The van der Waals surface area contributed by atoms with Crippen LogP contribution in [0.25, 0.3) is 11.0 Å². The van der Waals surface area contributed by atoms with Crippen molar-refractivity contribution in [1.82, 2.24) is 15.3 Å². The van der Waals surface area contributed by atoms with Crippen molar-refractivity contribution in [1.29, 1.82) is 0 Å². The number of carbonyl (C=O) groups is 3. The molecule has 3 amide bonds. The van der Waals surface area contributed by atoms with Crippen LogP contribution in [-0.4, -0.2) is 62.5 Å². The van der Waals surface area contributed by atoms with E-state index >= 15 is 0 Å². The molecule has 0 fully saturated rings. The second kappa shape index (κ2) is 9.20. The zero-order chi connectivity index (χ0) is 21.2. The molecule has 0 bridgehead atoms. The minimum absolute atomic E-state index is 0. The summed E-state index contributed by atoms with van der Waals surface area (Å²) in [6, 6.07) is 5.00. The first-order chi connectivity index (χ1) is 13.6. The maximum atomic E-state index is 12.9. The number of hydrogen-bond acceptors (Lipinski definition) is 5. The first-order valence-corrected chi connectivity index (χ1v) is 7.92. The van der Waals surface area contributed by atoms with Crippen molar-refractivity contribution in [3.05, 3.63) is 65.5 Å². The second-order valence-corrected chi connectivity index (χ2v) is 5.77. The normalized spacial score (nSPS) is 10.8. The van der Waals surface area contributed by atoms with E-state index in [0.29, 0.717) is 23.2 Å². The number of amides is 3. The van der Waals surface area contributed by atoms with Gasteiger partial charge in [-0.2, -0.15) is 13.2 Å². The summed E-state index contributed by atoms with van der Waals surface area (Å²) in [6.45, 7) is 0. The van der Waals surface area contributed by atoms with Gasteiger partial charge in [-0.15, -0.1) is 0 Å². The first kappa shape index (κ1) is 23.3. The number of aromatic carboxylic acids is 1. The molecule has 3 N–H and O–H groups in total. The molecule has 30 heavy (non-hydrogen) atoms. The van der Waals surface area contributed by atoms with Crippen LogP contribution >= 0.6 is 0 Å². The molecule has 0 atom stereocenters. The fraction of sp³-hybridized carbons (Fsp3) is 0.0556. The quantitative estimate of drug-likeness (QED) is 0.552. The summed E-state index contributed by atoms with van der Waals surface area (Å²) in [5.74, 6) is -2.44. The van der Waals surface area contributed by atoms with Crippen LogP contribution in [0.4, 0.5) is 23.7 Å². The zero-order valence-electron chi connectivity index (χ0n) is 14.3. The van der Waals surface area contributed by atoms with Crippen molar-refractivity contribution in [2.45, 2.75) is 6.18 Å². The summed E-state index contributed by atoms with van der Waals surface area (Å²) in [5.41, 5.74) is -1.36. The van der Waals surface area contributed by atoms with Crippen molar-refractivity contribution in [3.8, 4) is 0 Å². The van der Waals surface area contributed by atoms with Crippen LogP contribution in [0.3, 0.4) is 0 Å². The van der Waals surface area contributed by atoms with Crippen LogP contribution in [0.1, 0.15) is 26.3 Å². The van der Waals surface area contributed by atoms with Gasteiger partial charge in [0.2, 0.25) is 0 Å². The van der Waals surface area contributed by atoms with E-state index in [-0.39, 0.29) is 35.1 Å². The van der Waals surface area contributed by atoms with Gasteiger partial charge in [0, 0.05) is 23.6 Å². The van der Waals surface area contributed by atoms with Gasteiger partial charge in [0.25, 0.3) is 5.91 Å². The fourth-order valence-corrected chi connectivity index (χ4v) is 2.43. The second-order valence-electron chi connectivity index (χ2n) is 5.77. The summed E-state index contributed by atoms with van der Waals surface area (Å²) < 4.78 is 38.8. The number of alkyl halides is 3. The Labute approximate surface area is 188 Å². The molecule has 1 aromatic heterocycles. The van der Waals surface area contributed by atoms with Crippen molar-refractivity contribution in [2.24, 2.45) is 0 Å². The maximum absolute atomic E-state index is 12.9. The van der Waals surface area contributed by atoms with E-state index in [2.05, 4.69) is 9.97 Å². The van der Waals surface area contributed by atoms with Crippen LogP contribution in [-0.2, 0) is 6.18 Å². The molecule has 0 unspecified atom stereocenters. The van der Waals surface area contributed by atoms with Gasteiger partial charge in [0.15, 0.2) is 0 Å². The van der Waals surface area contributed by atoms with E-state index < -0.39 is 40.9 Å². The number of aromatic nitrogens is 2. The number of anilines is 1. The molecule has 0 radical (unpaired) electrons. The van der Waals surface area contributed by atoms with Crippen molar-refractivity contribution in [2.75, 3.05) is 5.32 Å². The molecule has 0 saturated heterocycles. The zero-order valence-corrected chi connectivity index (χ0v) is 14.3. The Morgan fingerprint density at radius 2 is 1.57 bits per heavy atom. The van der Waals surface area contributed by atoms with Gasteiger partial charge >= 0.3 is 47.7 Å². The number of rotatable bonds is 3. The van der Waals surface area contributed by atoms with E-state index in [0.717, 1.165) is 6.07 Å². The van der Waals surface area contributed by atoms with Gasteiger partial charge in [-0.25, -0.2) is 9.59 Å². The molecule has 8 nitrogen and oxygen atoms in total. The van der Waals surface area contributed by atoms with Gasteiger partial charge in [0.1, 0.15) is 0 Å². The van der Waals surface area contributed by atoms with E-state index in [9.17, 15) is 27.6 Å². The molecule has 1 heterocycles. The first-order valence-electron chi connectivity index (χ1n) is 7.92. The number of halogens is 3. The molecule has 0 aliphatic carbocycles. The standard InChI is InChI=1S/C18H11F3N4O4.Na.H/c19-18(20,21)11-5-10(16(27)28)6-12(8-11)24-17(29)25-15(26)9-1-2-13-14(7-9)23-4-3-22-13;;/h1-8H,(H,27,28)(H2,24,25,26,29);;. The van der Waals surface area contributed by atoms with Gasteiger partial charge in [-0.05, 0) is 36.4 Å². The van der Waals surface area contributed by atoms with E-state index in [1.165, 1.54) is 30.6 Å². The molecule has 3 aromatic rings. The number of benzene rings is 2. The molecular weight excluding hydrogens is 416 g/mol. The van der Waals surface area contributed by atoms with Gasteiger partial charge in [-0.1, -0.05) is 0 Å². The number of carboxylic acid groups (broad SMARTS) is 1. The summed E-state index contributed by atoms with van der Waals surface area (Å²) in [4.78, 5) is 43.3. The summed E-state index contributed by atoms with van der Waals surface area (Å²) in [7, 11) is 0. The van der Waals surface area contributed by atoms with Gasteiger partial charge < -0.3 is 10.4 Å². The number of carbonyl (C=O) groups excluding carboxylic acids is 2. The Morgan fingerprint density at radius 3 is 2.20 bits per heavy atom. The molecule has 12 heteroatoms. The SMILES string of the molecule is O=C(NC(=O)c1ccc2nccnc2c1)Nc1cc(C(=O)O)cc(C(F)(F)F)c1.[NaH].